The molecule has 0 aliphatic heterocycles. The monoisotopic (exact) mass is 310 g/mol. The van der Waals surface area contributed by atoms with Crippen LogP contribution in [0.1, 0.15) is 11.4 Å². The lowest BCUT2D eigenvalue weighted by molar-refractivity contribution is 0.252. The van der Waals surface area contributed by atoms with E-state index in [4.69, 9.17) is 0 Å². The second kappa shape index (κ2) is 6.43. The fourth-order valence-electron chi connectivity index (χ4n) is 2.26. The molecule has 2 amide bonds. The minimum atomic E-state index is -0.307. The highest BCUT2D eigenvalue weighted by atomic mass is 16.2. The number of hydrogen-bond acceptors (Lipinski definition) is 4. The molecule has 0 fully saturated rings. The van der Waals surface area contributed by atoms with E-state index in [-0.39, 0.29) is 6.03 Å². The van der Waals surface area contributed by atoms with Gasteiger partial charge >= 0.3 is 6.03 Å². The Hall–Kier alpha value is -2.96. The first kappa shape index (κ1) is 15.0. The van der Waals surface area contributed by atoms with Crippen LogP contribution in [0.4, 0.5) is 10.7 Å². The van der Waals surface area contributed by atoms with E-state index in [2.05, 4.69) is 31.8 Å². The molecule has 1 aromatic carbocycles. The smallest absolute Gasteiger partial charge is 0.321 e. The number of fused-ring (bicyclic) bond motifs is 1. The molecule has 2 aromatic heterocycles. The molecule has 0 unspecified atom stereocenters. The zero-order valence-corrected chi connectivity index (χ0v) is 13.1. The van der Waals surface area contributed by atoms with Gasteiger partial charge in [0.25, 0.3) is 0 Å². The number of nitrogens with one attached hydrogen (secondary N) is 2. The highest BCUT2D eigenvalue weighted by molar-refractivity contribution is 5.87. The quantitative estimate of drug-likeness (QED) is 0.772. The van der Waals surface area contributed by atoms with Crippen LogP contribution in [-0.4, -0.2) is 32.3 Å². The summed E-state index contributed by atoms with van der Waals surface area (Å²) in [7, 11) is 1.78. The zero-order valence-electron chi connectivity index (χ0n) is 13.1. The van der Waals surface area contributed by atoms with E-state index in [9.17, 15) is 4.79 Å². The van der Waals surface area contributed by atoms with Gasteiger partial charge in [0.2, 0.25) is 5.95 Å². The zero-order chi connectivity index (χ0) is 16.2. The topological polar surface area (TPSA) is 84.7 Å². The van der Waals surface area contributed by atoms with Gasteiger partial charge in [-0.25, -0.2) is 4.79 Å². The van der Waals surface area contributed by atoms with Crippen molar-refractivity contribution in [1.82, 2.24) is 25.1 Å². The molecule has 0 aliphatic rings. The Morgan fingerprint density at radius 3 is 2.96 bits per heavy atom. The molecule has 2 heterocycles. The standard InChI is InChI=1S/C16H18N6O/c1-11-19-15(21-22(11)2)20-16(23)18-9-7-12-5-6-14-13(10-12)4-3-8-17-14/h3-6,8,10H,7,9H2,1-2H3,(H2,18,20,21,23). The van der Waals surface area contributed by atoms with Crippen LogP contribution >= 0.6 is 0 Å². The van der Waals surface area contributed by atoms with Crippen molar-refractivity contribution in [2.45, 2.75) is 13.3 Å². The Labute approximate surface area is 133 Å². The molecule has 0 atom stereocenters. The summed E-state index contributed by atoms with van der Waals surface area (Å²) in [5.74, 6) is 1.05. The van der Waals surface area contributed by atoms with Gasteiger partial charge in [0.05, 0.1) is 5.52 Å². The van der Waals surface area contributed by atoms with Crippen LogP contribution in [0.25, 0.3) is 10.9 Å². The van der Waals surface area contributed by atoms with Gasteiger partial charge in [-0.3, -0.25) is 15.0 Å². The number of anilines is 1. The lowest BCUT2D eigenvalue weighted by atomic mass is 10.1. The van der Waals surface area contributed by atoms with Crippen LogP contribution in [0.15, 0.2) is 36.5 Å². The largest absolute Gasteiger partial charge is 0.337 e. The van der Waals surface area contributed by atoms with Gasteiger partial charge in [-0.15, -0.1) is 5.10 Å². The molecule has 2 N–H and O–H groups in total. The van der Waals surface area contributed by atoms with Gasteiger partial charge in [0.15, 0.2) is 0 Å². The minimum absolute atomic E-state index is 0.305. The highest BCUT2D eigenvalue weighted by Crippen LogP contribution is 2.13. The molecule has 0 radical (unpaired) electrons. The summed E-state index contributed by atoms with van der Waals surface area (Å²) >= 11 is 0. The Morgan fingerprint density at radius 1 is 1.30 bits per heavy atom. The summed E-state index contributed by atoms with van der Waals surface area (Å²) in [6.45, 7) is 2.36. The maximum atomic E-state index is 11.8. The van der Waals surface area contributed by atoms with E-state index in [1.54, 1.807) is 17.9 Å². The van der Waals surface area contributed by atoms with Crippen LogP contribution < -0.4 is 10.6 Å². The molecular weight excluding hydrogens is 292 g/mol. The van der Waals surface area contributed by atoms with Gasteiger partial charge < -0.3 is 5.32 Å². The molecule has 3 rings (SSSR count). The summed E-state index contributed by atoms with van der Waals surface area (Å²) in [6, 6.07) is 9.74. The number of benzene rings is 1. The maximum Gasteiger partial charge on any atom is 0.321 e. The predicted octanol–water partition coefficient (Wildman–Crippen LogP) is 2.04. The van der Waals surface area contributed by atoms with Gasteiger partial charge in [-0.05, 0) is 37.1 Å². The molecule has 118 valence electrons. The SMILES string of the molecule is Cc1nc(NC(=O)NCCc2ccc3ncccc3c2)nn1C. The summed E-state index contributed by atoms with van der Waals surface area (Å²) in [6.07, 6.45) is 2.52. The fraction of sp³-hybridized carbons (Fsp3) is 0.250. The minimum Gasteiger partial charge on any atom is -0.337 e. The van der Waals surface area contributed by atoms with Crippen molar-refractivity contribution in [3.05, 3.63) is 47.9 Å². The molecule has 23 heavy (non-hydrogen) atoms. The van der Waals surface area contributed by atoms with Crippen LogP contribution in [0.2, 0.25) is 0 Å². The Morgan fingerprint density at radius 2 is 2.17 bits per heavy atom. The third kappa shape index (κ3) is 3.63. The number of hydrogen-bond donors (Lipinski definition) is 2. The van der Waals surface area contributed by atoms with Gasteiger partial charge in [0.1, 0.15) is 5.82 Å². The molecular formula is C16H18N6O. The van der Waals surface area contributed by atoms with Gasteiger partial charge in [-0.2, -0.15) is 4.98 Å². The number of nitrogens with zero attached hydrogens (tertiary/aromatic N) is 4. The molecule has 0 saturated carbocycles. The van der Waals surface area contributed by atoms with Crippen molar-refractivity contribution in [2.75, 3.05) is 11.9 Å². The van der Waals surface area contributed by atoms with Gasteiger partial charge in [0, 0.05) is 25.2 Å². The second-order valence-corrected chi connectivity index (χ2v) is 5.27. The lowest BCUT2D eigenvalue weighted by Gasteiger charge is -2.06. The fourth-order valence-corrected chi connectivity index (χ4v) is 2.26. The van der Waals surface area contributed by atoms with E-state index in [1.807, 2.05) is 31.2 Å². The Kier molecular flexibility index (Phi) is 4.18. The average molecular weight is 310 g/mol. The van der Waals surface area contributed by atoms with Crippen molar-refractivity contribution in [1.29, 1.82) is 0 Å². The number of aryl methyl sites for hydroxylation is 2. The van der Waals surface area contributed by atoms with Crippen LogP contribution in [-0.2, 0) is 13.5 Å². The van der Waals surface area contributed by atoms with E-state index in [1.165, 1.54) is 0 Å². The van der Waals surface area contributed by atoms with E-state index in [0.717, 1.165) is 28.7 Å². The number of rotatable bonds is 4. The number of carbonyl (C=O) groups is 1. The van der Waals surface area contributed by atoms with E-state index < -0.39 is 0 Å². The van der Waals surface area contributed by atoms with Crippen molar-refractivity contribution in [3.8, 4) is 0 Å². The van der Waals surface area contributed by atoms with Crippen molar-refractivity contribution >= 4 is 22.9 Å². The van der Waals surface area contributed by atoms with Crippen LogP contribution in [0.3, 0.4) is 0 Å². The number of carbonyl (C=O) groups excluding carboxylic acids is 1. The average Bonchev–Trinajstić information content (AvgIpc) is 2.85. The molecule has 0 aliphatic carbocycles. The number of urea groups is 1. The molecule has 0 bridgehead atoms. The summed E-state index contributed by atoms with van der Waals surface area (Å²) < 4.78 is 1.61. The first-order valence-electron chi connectivity index (χ1n) is 7.38. The third-order valence-corrected chi connectivity index (χ3v) is 3.57. The second-order valence-electron chi connectivity index (χ2n) is 5.27. The number of pyridine rings is 1. The first-order valence-corrected chi connectivity index (χ1v) is 7.38. The Bertz CT molecular complexity index is 822. The summed E-state index contributed by atoms with van der Waals surface area (Å²) in [4.78, 5) is 20.2. The molecule has 7 heteroatoms. The highest BCUT2D eigenvalue weighted by Gasteiger charge is 2.07. The number of aromatic nitrogens is 4. The van der Waals surface area contributed by atoms with Gasteiger partial charge in [-0.1, -0.05) is 12.1 Å². The molecule has 3 aromatic rings. The molecule has 7 nitrogen and oxygen atoms in total. The van der Waals surface area contributed by atoms with Crippen LogP contribution in [0, 0.1) is 6.92 Å². The van der Waals surface area contributed by atoms with E-state index in [0.29, 0.717) is 12.5 Å². The predicted molar refractivity (Wildman–Crippen MR) is 88.2 cm³/mol. The van der Waals surface area contributed by atoms with E-state index >= 15 is 0 Å². The summed E-state index contributed by atoms with van der Waals surface area (Å²) in [5.41, 5.74) is 2.12. The normalized spacial score (nSPS) is 10.7. The van der Waals surface area contributed by atoms with Crippen molar-refractivity contribution in [2.24, 2.45) is 7.05 Å². The van der Waals surface area contributed by atoms with Crippen molar-refractivity contribution < 1.29 is 4.79 Å². The lowest BCUT2D eigenvalue weighted by Crippen LogP contribution is -2.30. The number of amides is 2. The first-order chi connectivity index (χ1) is 11.1. The molecule has 0 spiro atoms. The molecule has 0 saturated heterocycles. The Balaban J connectivity index is 1.52. The third-order valence-electron chi connectivity index (χ3n) is 3.57. The van der Waals surface area contributed by atoms with Crippen molar-refractivity contribution in [3.63, 3.8) is 0 Å². The maximum absolute atomic E-state index is 11.8. The summed E-state index contributed by atoms with van der Waals surface area (Å²) in [5, 5.41) is 10.6. The van der Waals surface area contributed by atoms with Crippen LogP contribution in [0.5, 0.6) is 0 Å².